The van der Waals surface area contributed by atoms with Crippen LogP contribution in [0.25, 0.3) is 0 Å². The van der Waals surface area contributed by atoms with Crippen molar-refractivity contribution in [3.05, 3.63) is 94.5 Å². The predicted octanol–water partition coefficient (Wildman–Crippen LogP) is 0.0819. The maximum Gasteiger partial charge on any atom is 0.351 e. The molecule has 1 fully saturated rings. The zero-order chi connectivity index (χ0) is 29.4. The molecule has 3 aromatic rings. The van der Waals surface area contributed by atoms with Crippen molar-refractivity contribution in [1.29, 1.82) is 0 Å². The summed E-state index contributed by atoms with van der Waals surface area (Å²) in [6.07, 6.45) is -4.06. The first-order valence-corrected chi connectivity index (χ1v) is 12.9. The van der Waals surface area contributed by atoms with Crippen LogP contribution >= 0.6 is 0 Å². The number of aromatic nitrogens is 2. The number of nitrogens with zero attached hydrogens (tertiary/aromatic N) is 2. The molecular formula is C28H31N5O8. The Bertz CT molecular complexity index is 1400. The third-order valence-corrected chi connectivity index (χ3v) is 6.44. The minimum atomic E-state index is -1.51. The van der Waals surface area contributed by atoms with E-state index in [-0.39, 0.29) is 31.8 Å². The third kappa shape index (κ3) is 7.83. The number of rotatable bonds is 11. The maximum absolute atomic E-state index is 12.6. The molecule has 2 heterocycles. The molecule has 1 aliphatic heterocycles. The van der Waals surface area contributed by atoms with E-state index in [2.05, 4.69) is 15.6 Å². The summed E-state index contributed by atoms with van der Waals surface area (Å²) in [5, 5.41) is 26.0. The van der Waals surface area contributed by atoms with Gasteiger partial charge in [0, 0.05) is 24.7 Å². The van der Waals surface area contributed by atoms with Crippen LogP contribution < -0.4 is 22.1 Å². The Kier molecular flexibility index (Phi) is 9.92. The summed E-state index contributed by atoms with van der Waals surface area (Å²) in [6, 6.07) is 17.8. The Morgan fingerprint density at radius 2 is 1.71 bits per heavy atom. The number of amides is 2. The van der Waals surface area contributed by atoms with Crippen LogP contribution in [0.5, 0.6) is 0 Å². The molecule has 0 spiro atoms. The number of nitrogens with two attached hydrogens (primary N) is 1. The first kappa shape index (κ1) is 29.6. The number of nitrogens with one attached hydrogen (secondary N) is 2. The van der Waals surface area contributed by atoms with Crippen LogP contribution in [0.4, 0.5) is 5.82 Å². The highest BCUT2D eigenvalue weighted by Gasteiger charge is 2.44. The van der Waals surface area contributed by atoms with Gasteiger partial charge in [0.15, 0.2) is 6.23 Å². The number of ether oxygens (including phenoxy) is 2. The minimum Gasteiger partial charge on any atom is -0.461 e. The van der Waals surface area contributed by atoms with Crippen molar-refractivity contribution in [3.8, 4) is 0 Å². The zero-order valence-electron chi connectivity index (χ0n) is 22.0. The van der Waals surface area contributed by atoms with Crippen LogP contribution in [-0.4, -0.2) is 68.4 Å². The molecule has 5 atom stereocenters. The van der Waals surface area contributed by atoms with Gasteiger partial charge in [0.2, 0.25) is 5.91 Å². The molecule has 0 bridgehead atoms. The molecule has 6 N–H and O–H groups in total. The molecule has 0 radical (unpaired) electrons. The van der Waals surface area contributed by atoms with Crippen molar-refractivity contribution in [3.63, 3.8) is 0 Å². The van der Waals surface area contributed by atoms with E-state index in [1.807, 2.05) is 30.3 Å². The Balaban J connectivity index is 1.25. The van der Waals surface area contributed by atoms with Gasteiger partial charge in [-0.1, -0.05) is 48.5 Å². The smallest absolute Gasteiger partial charge is 0.351 e. The molecule has 4 rings (SSSR count). The number of benzene rings is 2. The van der Waals surface area contributed by atoms with Gasteiger partial charge in [-0.3, -0.25) is 19.0 Å². The molecular weight excluding hydrogens is 534 g/mol. The first-order chi connectivity index (χ1) is 19.7. The molecule has 1 aliphatic rings. The fraction of sp³-hybridized carbons (Fsp3) is 0.321. The number of aliphatic hydroxyl groups is 2. The van der Waals surface area contributed by atoms with Crippen LogP contribution in [0.2, 0.25) is 0 Å². The predicted molar refractivity (Wildman–Crippen MR) is 145 cm³/mol. The quantitative estimate of drug-likeness (QED) is 0.199. The van der Waals surface area contributed by atoms with Gasteiger partial charge < -0.3 is 36.1 Å². The van der Waals surface area contributed by atoms with E-state index < -0.39 is 54.1 Å². The Labute approximate surface area is 234 Å². The molecule has 2 amide bonds. The van der Waals surface area contributed by atoms with Gasteiger partial charge in [0.25, 0.3) is 5.91 Å². The van der Waals surface area contributed by atoms with Crippen LogP contribution in [0, 0.1) is 0 Å². The highest BCUT2D eigenvalue weighted by atomic mass is 16.6. The number of esters is 1. The molecule has 0 saturated carbocycles. The van der Waals surface area contributed by atoms with Gasteiger partial charge >= 0.3 is 11.7 Å². The number of aliphatic hydroxyl groups excluding tert-OH is 2. The second-order valence-corrected chi connectivity index (χ2v) is 9.41. The molecule has 13 nitrogen and oxygen atoms in total. The standard InChI is InChI=1S/C28H31N5O8/c29-19(11-12-22(34)40-16-17-7-3-1-4-8-17)26(38)30-15-20-23(35)24(36)27(41-20)33-14-13-21(32-28(33)39)31-25(37)18-9-5-2-6-10-18/h1-10,13-14,19-20,23-24,27,35-36H,11-12,15-16,29H2,(H,30,38)(H,31,32,37,39)/t19-,20+,23+,24+,27+/m0/s1. The molecule has 41 heavy (non-hydrogen) atoms. The van der Waals surface area contributed by atoms with E-state index in [9.17, 15) is 29.4 Å². The number of carbonyl (C=O) groups excluding carboxylic acids is 3. The summed E-state index contributed by atoms with van der Waals surface area (Å²) in [5.41, 5.74) is 6.27. The lowest BCUT2D eigenvalue weighted by atomic mass is 10.1. The van der Waals surface area contributed by atoms with E-state index >= 15 is 0 Å². The van der Waals surface area contributed by atoms with Gasteiger partial charge in [-0.2, -0.15) is 4.98 Å². The average Bonchev–Trinajstić information content (AvgIpc) is 3.27. The van der Waals surface area contributed by atoms with Gasteiger partial charge in [-0.15, -0.1) is 0 Å². The van der Waals surface area contributed by atoms with E-state index in [0.29, 0.717) is 5.56 Å². The highest BCUT2D eigenvalue weighted by molar-refractivity contribution is 6.03. The molecule has 13 heteroatoms. The first-order valence-electron chi connectivity index (χ1n) is 12.9. The molecule has 1 aromatic heterocycles. The molecule has 1 saturated heterocycles. The monoisotopic (exact) mass is 565 g/mol. The summed E-state index contributed by atoms with van der Waals surface area (Å²) < 4.78 is 11.8. The van der Waals surface area contributed by atoms with Gasteiger partial charge in [-0.25, -0.2) is 4.79 Å². The van der Waals surface area contributed by atoms with E-state index in [4.69, 9.17) is 15.2 Å². The SMILES string of the molecule is N[C@@H](CCC(=O)OCc1ccccc1)C(=O)NC[C@H]1O[C@@H](n2ccc(NC(=O)c3ccccc3)nc2=O)[C@H](O)[C@@H]1O. The lowest BCUT2D eigenvalue weighted by Crippen LogP contribution is -2.46. The Hall–Kier alpha value is -4.43. The topological polar surface area (TPSA) is 195 Å². The van der Waals surface area contributed by atoms with Gasteiger partial charge in [-0.05, 0) is 30.2 Å². The van der Waals surface area contributed by atoms with E-state index in [0.717, 1.165) is 10.1 Å². The summed E-state index contributed by atoms with van der Waals surface area (Å²) in [5.74, 6) is -1.55. The van der Waals surface area contributed by atoms with Crippen LogP contribution in [0.15, 0.2) is 77.7 Å². The van der Waals surface area contributed by atoms with Crippen molar-refractivity contribution < 1.29 is 34.1 Å². The van der Waals surface area contributed by atoms with Crippen molar-refractivity contribution >= 4 is 23.6 Å². The Morgan fingerprint density at radius 1 is 1.02 bits per heavy atom. The number of hydrogen-bond acceptors (Lipinski definition) is 10. The minimum absolute atomic E-state index is 0.00473. The summed E-state index contributed by atoms with van der Waals surface area (Å²) in [7, 11) is 0. The number of anilines is 1. The number of carbonyl (C=O) groups is 3. The zero-order valence-corrected chi connectivity index (χ0v) is 22.0. The summed E-state index contributed by atoms with van der Waals surface area (Å²) >= 11 is 0. The largest absolute Gasteiger partial charge is 0.461 e. The van der Waals surface area contributed by atoms with Crippen molar-refractivity contribution in [1.82, 2.24) is 14.9 Å². The van der Waals surface area contributed by atoms with Crippen molar-refractivity contribution in [2.24, 2.45) is 5.73 Å². The van der Waals surface area contributed by atoms with Crippen molar-refractivity contribution in [2.45, 2.75) is 50.0 Å². The summed E-state index contributed by atoms with van der Waals surface area (Å²) in [6.45, 7) is -0.0989. The van der Waals surface area contributed by atoms with Gasteiger partial charge in [0.1, 0.15) is 30.7 Å². The Morgan fingerprint density at radius 3 is 2.39 bits per heavy atom. The second kappa shape index (κ2) is 13.8. The molecule has 216 valence electrons. The fourth-order valence-electron chi connectivity index (χ4n) is 4.13. The van der Waals surface area contributed by atoms with Crippen LogP contribution in [0.1, 0.15) is 35.0 Å². The summed E-state index contributed by atoms with van der Waals surface area (Å²) in [4.78, 5) is 53.1. The maximum atomic E-state index is 12.6. The second-order valence-electron chi connectivity index (χ2n) is 9.41. The molecule has 0 aliphatic carbocycles. The van der Waals surface area contributed by atoms with Gasteiger partial charge in [0.05, 0.1) is 6.04 Å². The van der Waals surface area contributed by atoms with E-state index in [1.165, 1.54) is 12.3 Å². The van der Waals surface area contributed by atoms with Crippen LogP contribution in [0.3, 0.4) is 0 Å². The highest BCUT2D eigenvalue weighted by Crippen LogP contribution is 2.28. The normalized spacial score (nSPS) is 20.7. The fourth-order valence-corrected chi connectivity index (χ4v) is 4.13. The lowest BCUT2D eigenvalue weighted by molar-refractivity contribution is -0.145. The average molecular weight is 566 g/mol. The third-order valence-electron chi connectivity index (χ3n) is 6.44. The number of hydrogen-bond donors (Lipinski definition) is 5. The lowest BCUT2D eigenvalue weighted by Gasteiger charge is -2.18. The molecule has 0 unspecified atom stereocenters. The van der Waals surface area contributed by atoms with E-state index in [1.54, 1.807) is 30.3 Å². The molecule has 2 aromatic carbocycles. The van der Waals surface area contributed by atoms with Crippen molar-refractivity contribution in [2.75, 3.05) is 11.9 Å². The van der Waals surface area contributed by atoms with Crippen LogP contribution in [-0.2, 0) is 25.7 Å².